The van der Waals surface area contributed by atoms with Gasteiger partial charge in [0.05, 0.1) is 5.69 Å². The van der Waals surface area contributed by atoms with E-state index < -0.39 is 11.6 Å². The van der Waals surface area contributed by atoms with E-state index in [0.717, 1.165) is 23.6 Å². The summed E-state index contributed by atoms with van der Waals surface area (Å²) in [5.41, 5.74) is 3.31. The molecule has 0 radical (unpaired) electrons. The van der Waals surface area contributed by atoms with Crippen molar-refractivity contribution in [2.75, 3.05) is 0 Å². The molecule has 5 nitrogen and oxygen atoms in total. The second kappa shape index (κ2) is 10.3. The largest absolute Gasteiger partial charge is 0.301 e. The molecule has 162 valence electrons. The summed E-state index contributed by atoms with van der Waals surface area (Å²) in [6.07, 6.45) is 6.46. The van der Waals surface area contributed by atoms with Gasteiger partial charge in [0.2, 0.25) is 0 Å². The van der Waals surface area contributed by atoms with Crippen molar-refractivity contribution in [3.8, 4) is 0 Å². The molecule has 2 aromatic heterocycles. The highest BCUT2D eigenvalue weighted by molar-refractivity contribution is 7.98. The maximum absolute atomic E-state index is 14.0. The van der Waals surface area contributed by atoms with Crippen LogP contribution in [0.2, 0.25) is 0 Å². The highest BCUT2D eigenvalue weighted by Crippen LogP contribution is 2.22. The van der Waals surface area contributed by atoms with Crippen molar-refractivity contribution in [3.05, 3.63) is 117 Å². The minimum Gasteiger partial charge on any atom is -0.301 e. The summed E-state index contributed by atoms with van der Waals surface area (Å²) in [5, 5.41) is 0.398. The number of aromatic amines is 1. The van der Waals surface area contributed by atoms with E-state index in [0.29, 0.717) is 34.8 Å². The molecule has 0 unspecified atom stereocenters. The third-order valence-electron chi connectivity index (χ3n) is 4.95. The second-order valence-electron chi connectivity index (χ2n) is 7.23. The predicted octanol–water partition coefficient (Wildman–Crippen LogP) is 4.51. The van der Waals surface area contributed by atoms with Gasteiger partial charge < -0.3 is 4.98 Å². The van der Waals surface area contributed by atoms with E-state index in [9.17, 15) is 13.6 Å². The number of nitrogens with zero attached hydrogens (tertiary/aromatic N) is 3. The van der Waals surface area contributed by atoms with Gasteiger partial charge in [-0.3, -0.25) is 4.79 Å². The molecule has 1 N–H and O–H groups in total. The van der Waals surface area contributed by atoms with Gasteiger partial charge in [0.15, 0.2) is 5.16 Å². The lowest BCUT2D eigenvalue weighted by Crippen LogP contribution is -2.20. The molecule has 0 saturated heterocycles. The van der Waals surface area contributed by atoms with Crippen molar-refractivity contribution in [1.29, 1.82) is 0 Å². The van der Waals surface area contributed by atoms with Crippen LogP contribution >= 0.6 is 11.8 Å². The molecule has 0 spiro atoms. The topological polar surface area (TPSA) is 71.5 Å². The monoisotopic (exact) mass is 450 g/mol. The average Bonchev–Trinajstić information content (AvgIpc) is 2.80. The average molecular weight is 451 g/mol. The Morgan fingerprint density at radius 2 is 1.72 bits per heavy atom. The molecular formula is C24H20F2N4OS. The second-order valence-corrected chi connectivity index (χ2v) is 8.19. The van der Waals surface area contributed by atoms with E-state index in [1.54, 1.807) is 12.4 Å². The van der Waals surface area contributed by atoms with E-state index >= 15 is 0 Å². The number of aryl methyl sites for hydroxylation is 2. The van der Waals surface area contributed by atoms with Gasteiger partial charge in [-0.25, -0.2) is 23.7 Å². The highest BCUT2D eigenvalue weighted by atomic mass is 32.2. The number of hydrogen-bond acceptors (Lipinski definition) is 5. The van der Waals surface area contributed by atoms with E-state index in [1.807, 2.05) is 30.3 Å². The zero-order valence-electron chi connectivity index (χ0n) is 17.1. The molecule has 2 heterocycles. The lowest BCUT2D eigenvalue weighted by molar-refractivity contribution is 0.576. The molecule has 32 heavy (non-hydrogen) atoms. The van der Waals surface area contributed by atoms with Gasteiger partial charge in [0.1, 0.15) is 18.0 Å². The van der Waals surface area contributed by atoms with Crippen LogP contribution in [-0.2, 0) is 25.0 Å². The number of hydrogen-bond donors (Lipinski definition) is 1. The third-order valence-corrected chi connectivity index (χ3v) is 5.87. The molecule has 8 heteroatoms. The number of benzene rings is 2. The Kier molecular flexibility index (Phi) is 7.01. The number of thioether (sulfide) groups is 1. The molecule has 4 rings (SSSR count). The normalized spacial score (nSPS) is 10.9. The molecule has 0 saturated carbocycles. The lowest BCUT2D eigenvalue weighted by atomic mass is 10.0. The Hall–Kier alpha value is -3.39. The van der Waals surface area contributed by atoms with Crippen molar-refractivity contribution in [3.63, 3.8) is 0 Å². The van der Waals surface area contributed by atoms with Crippen LogP contribution in [0.1, 0.15) is 27.9 Å². The Balaban J connectivity index is 1.60. The molecule has 0 atom stereocenters. The van der Waals surface area contributed by atoms with E-state index in [4.69, 9.17) is 0 Å². The van der Waals surface area contributed by atoms with Gasteiger partial charge >= 0.3 is 0 Å². The molecule has 2 aromatic carbocycles. The van der Waals surface area contributed by atoms with Gasteiger partial charge in [-0.05, 0) is 35.6 Å². The minimum absolute atomic E-state index is 0.221. The van der Waals surface area contributed by atoms with Gasteiger partial charge in [-0.1, -0.05) is 48.2 Å². The molecule has 0 aliphatic heterocycles. The van der Waals surface area contributed by atoms with Crippen LogP contribution in [-0.4, -0.2) is 19.9 Å². The maximum Gasteiger partial charge on any atom is 0.255 e. The number of H-pyrrole nitrogens is 1. The first-order valence-electron chi connectivity index (χ1n) is 10.0. The predicted molar refractivity (Wildman–Crippen MR) is 119 cm³/mol. The van der Waals surface area contributed by atoms with Crippen LogP contribution in [0.25, 0.3) is 0 Å². The maximum atomic E-state index is 14.0. The molecule has 0 aliphatic carbocycles. The molecule has 0 amide bonds. The fourth-order valence-corrected chi connectivity index (χ4v) is 4.16. The number of aromatic nitrogens is 4. The first-order chi connectivity index (χ1) is 15.6. The van der Waals surface area contributed by atoms with Gasteiger partial charge in [-0.2, -0.15) is 0 Å². The van der Waals surface area contributed by atoms with Crippen molar-refractivity contribution < 1.29 is 8.78 Å². The Labute approximate surface area is 188 Å². The van der Waals surface area contributed by atoms with Gasteiger partial charge in [-0.15, -0.1) is 0 Å². The first kappa shape index (κ1) is 21.8. The Morgan fingerprint density at radius 3 is 2.47 bits per heavy atom. The number of nitrogens with one attached hydrogen (secondary N) is 1. The summed E-state index contributed by atoms with van der Waals surface area (Å²) in [4.78, 5) is 28.4. The molecule has 0 aliphatic rings. The van der Waals surface area contributed by atoms with E-state index in [1.165, 1.54) is 30.2 Å². The van der Waals surface area contributed by atoms with Crippen molar-refractivity contribution in [2.45, 2.75) is 30.2 Å². The summed E-state index contributed by atoms with van der Waals surface area (Å²) in [6.45, 7) is 0. The van der Waals surface area contributed by atoms with Crippen LogP contribution in [0.5, 0.6) is 0 Å². The fraction of sp³-hybridized carbons (Fsp3) is 0.167. The number of halogens is 2. The first-order valence-corrected chi connectivity index (χ1v) is 11.0. The zero-order valence-corrected chi connectivity index (χ0v) is 17.9. The summed E-state index contributed by atoms with van der Waals surface area (Å²) in [6, 6.07) is 13.4. The van der Waals surface area contributed by atoms with E-state index in [-0.39, 0.29) is 11.3 Å². The quantitative estimate of drug-likeness (QED) is 0.316. The van der Waals surface area contributed by atoms with Crippen LogP contribution in [0, 0.1) is 11.6 Å². The summed E-state index contributed by atoms with van der Waals surface area (Å²) < 4.78 is 27.1. The summed E-state index contributed by atoms with van der Waals surface area (Å²) >= 11 is 1.20. The lowest BCUT2D eigenvalue weighted by Gasteiger charge is -2.11. The minimum atomic E-state index is -0.625. The van der Waals surface area contributed by atoms with Crippen LogP contribution in [0.3, 0.4) is 0 Å². The molecule has 4 aromatic rings. The standard InChI is InChI=1S/C24H20F2N4OS/c25-19-8-7-18(21(26)11-19)14-32-24-29-22(9-6-16-4-2-1-3-5-16)20(23(31)30-24)10-17-12-27-15-28-13-17/h1-5,7-8,11-13,15H,6,9-10,14H2,(H,29,30,31). The molecular weight excluding hydrogens is 430 g/mol. The highest BCUT2D eigenvalue weighted by Gasteiger charge is 2.14. The van der Waals surface area contributed by atoms with Crippen LogP contribution in [0.15, 0.2) is 77.2 Å². The van der Waals surface area contributed by atoms with Crippen LogP contribution in [0.4, 0.5) is 8.78 Å². The van der Waals surface area contributed by atoms with Crippen molar-refractivity contribution in [1.82, 2.24) is 19.9 Å². The van der Waals surface area contributed by atoms with Crippen molar-refractivity contribution >= 4 is 11.8 Å². The third kappa shape index (κ3) is 5.64. The number of rotatable bonds is 8. The Bertz CT molecular complexity index is 1250. The summed E-state index contributed by atoms with van der Waals surface area (Å²) in [7, 11) is 0. The Morgan fingerprint density at radius 1 is 0.938 bits per heavy atom. The molecule has 0 fully saturated rings. The summed E-state index contributed by atoms with van der Waals surface area (Å²) in [5.74, 6) is -1.02. The van der Waals surface area contributed by atoms with E-state index in [2.05, 4.69) is 19.9 Å². The smallest absolute Gasteiger partial charge is 0.255 e. The van der Waals surface area contributed by atoms with Crippen molar-refractivity contribution in [2.24, 2.45) is 0 Å². The van der Waals surface area contributed by atoms with Gasteiger partial charge in [0, 0.05) is 36.2 Å². The zero-order chi connectivity index (χ0) is 22.3. The fourth-order valence-electron chi connectivity index (χ4n) is 3.30. The van der Waals surface area contributed by atoms with Crippen LogP contribution < -0.4 is 5.56 Å². The molecule has 0 bridgehead atoms. The SMILES string of the molecule is O=c1[nH]c(SCc2ccc(F)cc2F)nc(CCc2ccccc2)c1Cc1cncnc1. The van der Waals surface area contributed by atoms with Gasteiger partial charge in [0.25, 0.3) is 5.56 Å².